The van der Waals surface area contributed by atoms with Gasteiger partial charge >= 0.3 is 0 Å². The number of amides is 1. The van der Waals surface area contributed by atoms with Crippen LogP contribution in [0, 0.1) is 11.7 Å². The van der Waals surface area contributed by atoms with Gasteiger partial charge in [0, 0.05) is 32.8 Å². The zero-order valence-electron chi connectivity index (χ0n) is 10.4. The molecule has 4 nitrogen and oxygen atoms in total. The van der Waals surface area contributed by atoms with Crippen molar-refractivity contribution in [2.75, 3.05) is 26.8 Å². The molecule has 1 saturated heterocycles. The Kier molecular flexibility index (Phi) is 4.25. The molecular weight excluding hydrogens is 235 g/mol. The Morgan fingerprint density at radius 1 is 1.61 bits per heavy atom. The van der Waals surface area contributed by atoms with Crippen molar-refractivity contribution < 1.29 is 13.9 Å². The van der Waals surface area contributed by atoms with E-state index in [0.29, 0.717) is 38.2 Å². The highest BCUT2D eigenvalue weighted by Crippen LogP contribution is 2.21. The second-order valence-corrected chi connectivity index (χ2v) is 4.54. The molecule has 2 heterocycles. The first kappa shape index (κ1) is 13.0. The van der Waals surface area contributed by atoms with Crippen LogP contribution in [0.15, 0.2) is 18.3 Å². The van der Waals surface area contributed by atoms with Gasteiger partial charge in [-0.15, -0.1) is 0 Å². The number of hydrogen-bond donors (Lipinski definition) is 0. The van der Waals surface area contributed by atoms with Gasteiger partial charge in [-0.25, -0.2) is 4.39 Å². The summed E-state index contributed by atoms with van der Waals surface area (Å²) in [4.78, 5) is 17.5. The van der Waals surface area contributed by atoms with Gasteiger partial charge < -0.3 is 9.64 Å². The smallest absolute Gasteiger partial charge is 0.223 e. The Labute approximate surface area is 106 Å². The van der Waals surface area contributed by atoms with E-state index in [2.05, 4.69) is 4.98 Å². The van der Waals surface area contributed by atoms with Gasteiger partial charge in [-0.05, 0) is 24.5 Å². The molecule has 0 N–H and O–H groups in total. The Bertz CT molecular complexity index is 425. The van der Waals surface area contributed by atoms with Gasteiger partial charge in [0.1, 0.15) is 5.82 Å². The molecule has 1 aliphatic heterocycles. The van der Waals surface area contributed by atoms with Gasteiger partial charge in [0.25, 0.3) is 0 Å². The highest BCUT2D eigenvalue weighted by atomic mass is 19.1. The van der Waals surface area contributed by atoms with Crippen molar-refractivity contribution in [3.8, 4) is 0 Å². The molecule has 5 heteroatoms. The summed E-state index contributed by atoms with van der Waals surface area (Å²) in [6, 6.07) is 2.98. The standard InChI is InChI=1S/C13H17FN2O2/c1-18-6-5-16-9-10(8-13(16)17)7-12-11(14)3-2-4-15-12/h2-4,10H,5-9H2,1H3/t10-/m0/s1. The number of nitrogens with zero attached hydrogens (tertiary/aromatic N) is 2. The average Bonchev–Trinajstić information content (AvgIpc) is 2.70. The minimum Gasteiger partial charge on any atom is -0.383 e. The molecule has 98 valence electrons. The summed E-state index contributed by atoms with van der Waals surface area (Å²) in [7, 11) is 1.61. The number of carbonyl (C=O) groups excluding carboxylic acids is 1. The quantitative estimate of drug-likeness (QED) is 0.792. The minimum atomic E-state index is -0.291. The van der Waals surface area contributed by atoms with Gasteiger partial charge in [-0.1, -0.05) is 0 Å². The van der Waals surface area contributed by atoms with E-state index in [9.17, 15) is 9.18 Å². The number of ether oxygens (including phenoxy) is 1. The predicted molar refractivity (Wildman–Crippen MR) is 64.5 cm³/mol. The van der Waals surface area contributed by atoms with E-state index in [0.717, 1.165) is 0 Å². The third-order valence-electron chi connectivity index (χ3n) is 3.18. The highest BCUT2D eigenvalue weighted by Gasteiger charge is 2.29. The van der Waals surface area contributed by atoms with Crippen LogP contribution in [-0.4, -0.2) is 42.6 Å². The zero-order chi connectivity index (χ0) is 13.0. The lowest BCUT2D eigenvalue weighted by molar-refractivity contribution is -0.128. The van der Waals surface area contributed by atoms with E-state index in [1.807, 2.05) is 0 Å². The first-order chi connectivity index (χ1) is 8.70. The molecule has 0 bridgehead atoms. The van der Waals surface area contributed by atoms with Crippen molar-refractivity contribution in [1.82, 2.24) is 9.88 Å². The third-order valence-corrected chi connectivity index (χ3v) is 3.18. The van der Waals surface area contributed by atoms with Gasteiger partial charge in [-0.2, -0.15) is 0 Å². The maximum atomic E-state index is 13.5. The Balaban J connectivity index is 1.92. The summed E-state index contributed by atoms with van der Waals surface area (Å²) in [6.07, 6.45) is 2.57. The lowest BCUT2D eigenvalue weighted by atomic mass is 10.0. The predicted octanol–water partition coefficient (Wildman–Crippen LogP) is 1.26. The lowest BCUT2D eigenvalue weighted by Crippen LogP contribution is -2.29. The van der Waals surface area contributed by atoms with E-state index in [1.165, 1.54) is 6.07 Å². The van der Waals surface area contributed by atoms with Crippen LogP contribution < -0.4 is 0 Å². The molecule has 18 heavy (non-hydrogen) atoms. The number of hydrogen-bond acceptors (Lipinski definition) is 3. The molecule has 0 aliphatic carbocycles. The van der Waals surface area contributed by atoms with E-state index in [1.54, 1.807) is 24.3 Å². The third kappa shape index (κ3) is 3.04. The second-order valence-electron chi connectivity index (χ2n) is 4.54. The van der Waals surface area contributed by atoms with Crippen LogP contribution in [0.1, 0.15) is 12.1 Å². The van der Waals surface area contributed by atoms with Crippen LogP contribution in [0.2, 0.25) is 0 Å². The van der Waals surface area contributed by atoms with Crippen LogP contribution in [0.5, 0.6) is 0 Å². The Morgan fingerprint density at radius 3 is 3.17 bits per heavy atom. The maximum Gasteiger partial charge on any atom is 0.223 e. The topological polar surface area (TPSA) is 42.4 Å². The summed E-state index contributed by atoms with van der Waals surface area (Å²) < 4.78 is 18.4. The van der Waals surface area contributed by atoms with Gasteiger partial charge in [0.05, 0.1) is 12.3 Å². The second kappa shape index (κ2) is 5.91. The molecule has 1 fully saturated rings. The molecule has 0 saturated carbocycles. The summed E-state index contributed by atoms with van der Waals surface area (Å²) in [5.41, 5.74) is 0.448. The SMILES string of the molecule is COCCN1C[C@@H](Cc2ncccc2F)CC1=O. The lowest BCUT2D eigenvalue weighted by Gasteiger charge is -2.15. The van der Waals surface area contributed by atoms with Crippen molar-refractivity contribution >= 4 is 5.91 Å². The largest absolute Gasteiger partial charge is 0.383 e. The summed E-state index contributed by atoms with van der Waals surface area (Å²) >= 11 is 0. The van der Waals surface area contributed by atoms with Crippen LogP contribution in [0.3, 0.4) is 0 Å². The van der Waals surface area contributed by atoms with Crippen LogP contribution in [0.25, 0.3) is 0 Å². The molecule has 1 aromatic heterocycles. The van der Waals surface area contributed by atoms with Crippen molar-refractivity contribution in [3.63, 3.8) is 0 Å². The Morgan fingerprint density at radius 2 is 2.44 bits per heavy atom. The minimum absolute atomic E-state index is 0.119. The van der Waals surface area contributed by atoms with Gasteiger partial charge in [0.15, 0.2) is 0 Å². The fourth-order valence-electron chi connectivity index (χ4n) is 2.25. The highest BCUT2D eigenvalue weighted by molar-refractivity contribution is 5.78. The number of aromatic nitrogens is 1. The van der Waals surface area contributed by atoms with E-state index < -0.39 is 0 Å². The van der Waals surface area contributed by atoms with Crippen LogP contribution in [0.4, 0.5) is 4.39 Å². The van der Waals surface area contributed by atoms with Crippen molar-refractivity contribution in [3.05, 3.63) is 29.8 Å². The summed E-state index contributed by atoms with van der Waals surface area (Å²) in [5, 5.41) is 0. The van der Waals surface area contributed by atoms with Crippen LogP contribution >= 0.6 is 0 Å². The number of halogens is 1. The fourth-order valence-corrected chi connectivity index (χ4v) is 2.25. The Hall–Kier alpha value is -1.49. The zero-order valence-corrected chi connectivity index (χ0v) is 10.4. The molecule has 0 aromatic carbocycles. The average molecular weight is 252 g/mol. The monoisotopic (exact) mass is 252 g/mol. The molecule has 2 rings (SSSR count). The molecule has 0 unspecified atom stereocenters. The van der Waals surface area contributed by atoms with Crippen molar-refractivity contribution in [1.29, 1.82) is 0 Å². The maximum absolute atomic E-state index is 13.5. The number of rotatable bonds is 5. The number of pyridine rings is 1. The van der Waals surface area contributed by atoms with Gasteiger partial charge in [-0.3, -0.25) is 9.78 Å². The summed E-state index contributed by atoms with van der Waals surface area (Å²) in [6.45, 7) is 1.81. The van der Waals surface area contributed by atoms with Crippen molar-refractivity contribution in [2.24, 2.45) is 5.92 Å². The van der Waals surface area contributed by atoms with Crippen LogP contribution in [-0.2, 0) is 16.0 Å². The van der Waals surface area contributed by atoms with Gasteiger partial charge in [0.2, 0.25) is 5.91 Å². The number of carbonyl (C=O) groups is 1. The molecule has 1 aliphatic rings. The first-order valence-electron chi connectivity index (χ1n) is 6.07. The molecule has 0 radical (unpaired) electrons. The number of methoxy groups -OCH3 is 1. The fraction of sp³-hybridized carbons (Fsp3) is 0.538. The normalized spacial score (nSPS) is 19.6. The van der Waals surface area contributed by atoms with E-state index in [4.69, 9.17) is 4.74 Å². The molecule has 0 spiro atoms. The van der Waals surface area contributed by atoms with E-state index in [-0.39, 0.29) is 17.6 Å². The molecular formula is C13H17FN2O2. The summed E-state index contributed by atoms with van der Waals surface area (Å²) in [5.74, 6) is -0.0209. The first-order valence-corrected chi connectivity index (χ1v) is 6.07. The molecule has 1 amide bonds. The molecule has 1 aromatic rings. The van der Waals surface area contributed by atoms with Crippen molar-refractivity contribution in [2.45, 2.75) is 12.8 Å². The molecule has 1 atom stereocenters. The number of likely N-dealkylation sites (tertiary alicyclic amines) is 1. The van der Waals surface area contributed by atoms with E-state index >= 15 is 0 Å².